The van der Waals surface area contributed by atoms with Gasteiger partial charge in [0.05, 0.1) is 6.10 Å². The molecule has 3 atom stereocenters. The molecule has 0 aromatic heterocycles. The summed E-state index contributed by atoms with van der Waals surface area (Å²) in [6.45, 7) is 5.67. The highest BCUT2D eigenvalue weighted by molar-refractivity contribution is 5.29. The quantitative estimate of drug-likeness (QED) is 0.865. The van der Waals surface area contributed by atoms with E-state index in [0.717, 1.165) is 32.7 Å². The van der Waals surface area contributed by atoms with Crippen LogP contribution in [0.1, 0.15) is 17.2 Å². The Morgan fingerprint density at radius 3 is 2.27 bits per heavy atom. The lowest BCUT2D eigenvalue weighted by Gasteiger charge is -2.23. The van der Waals surface area contributed by atoms with Crippen molar-refractivity contribution in [2.75, 3.05) is 32.7 Å². The standard InChI is InChI=1S/C21H25FN2O2/c22-19-8-16(6-7-20(19)25)21(26)14-24-12-17-10-23(11-18(17)13-24)9-15-4-2-1-3-5-15/h1-8,17-18,21,25-26H,9-14H2. The molecule has 0 saturated carbocycles. The van der Waals surface area contributed by atoms with Crippen LogP contribution < -0.4 is 0 Å². The van der Waals surface area contributed by atoms with Gasteiger partial charge < -0.3 is 10.2 Å². The molecule has 0 spiro atoms. The van der Waals surface area contributed by atoms with Gasteiger partial charge >= 0.3 is 0 Å². The van der Waals surface area contributed by atoms with Gasteiger partial charge in [-0.3, -0.25) is 9.80 Å². The van der Waals surface area contributed by atoms with Crippen molar-refractivity contribution in [2.24, 2.45) is 11.8 Å². The number of phenolic OH excluding ortho intramolecular Hbond substituents is 1. The molecule has 138 valence electrons. The molecule has 0 radical (unpaired) electrons. The Balaban J connectivity index is 1.29. The molecule has 2 aromatic carbocycles. The van der Waals surface area contributed by atoms with Crippen LogP contribution in [0.4, 0.5) is 4.39 Å². The van der Waals surface area contributed by atoms with Gasteiger partial charge in [-0.2, -0.15) is 0 Å². The molecule has 5 heteroatoms. The molecule has 2 N–H and O–H groups in total. The van der Waals surface area contributed by atoms with Gasteiger partial charge in [-0.15, -0.1) is 0 Å². The fourth-order valence-corrected chi connectivity index (χ4v) is 4.39. The number of halogens is 1. The number of aliphatic hydroxyl groups excluding tert-OH is 1. The third-order valence-electron chi connectivity index (χ3n) is 5.67. The van der Waals surface area contributed by atoms with Crippen LogP contribution in [0, 0.1) is 17.7 Å². The number of β-amino-alcohol motifs (C(OH)–C–C–N with tert-alkyl or cyclic N) is 1. The third kappa shape index (κ3) is 3.75. The molecule has 3 unspecified atom stereocenters. The summed E-state index contributed by atoms with van der Waals surface area (Å²) in [5.74, 6) is 0.219. The highest BCUT2D eigenvalue weighted by Crippen LogP contribution is 2.33. The van der Waals surface area contributed by atoms with E-state index >= 15 is 0 Å². The summed E-state index contributed by atoms with van der Waals surface area (Å²) >= 11 is 0. The lowest BCUT2D eigenvalue weighted by molar-refractivity contribution is 0.118. The zero-order chi connectivity index (χ0) is 18.1. The normalized spacial score (nSPS) is 24.7. The number of phenols is 1. The second kappa shape index (κ2) is 7.35. The van der Waals surface area contributed by atoms with Crippen molar-refractivity contribution < 1.29 is 14.6 Å². The van der Waals surface area contributed by atoms with E-state index in [2.05, 4.69) is 34.1 Å². The van der Waals surface area contributed by atoms with Gasteiger partial charge in [0, 0.05) is 39.3 Å². The molecule has 2 fully saturated rings. The predicted molar refractivity (Wildman–Crippen MR) is 98.2 cm³/mol. The van der Waals surface area contributed by atoms with E-state index in [1.54, 1.807) is 6.07 Å². The number of aromatic hydroxyl groups is 1. The number of likely N-dealkylation sites (tertiary alicyclic amines) is 2. The van der Waals surface area contributed by atoms with Crippen LogP contribution in [-0.4, -0.2) is 52.7 Å². The molecule has 2 aliphatic rings. The third-order valence-corrected chi connectivity index (χ3v) is 5.67. The van der Waals surface area contributed by atoms with Crippen LogP contribution >= 0.6 is 0 Å². The highest BCUT2D eigenvalue weighted by atomic mass is 19.1. The Morgan fingerprint density at radius 2 is 1.62 bits per heavy atom. The van der Waals surface area contributed by atoms with Gasteiger partial charge in [-0.05, 0) is 35.1 Å². The first-order chi connectivity index (χ1) is 12.6. The molecular weight excluding hydrogens is 331 g/mol. The van der Waals surface area contributed by atoms with Crippen LogP contribution in [0.2, 0.25) is 0 Å². The van der Waals surface area contributed by atoms with E-state index in [1.807, 2.05) is 6.07 Å². The predicted octanol–water partition coefficient (Wildman–Crippen LogP) is 2.63. The second-order valence-corrected chi connectivity index (χ2v) is 7.65. The van der Waals surface area contributed by atoms with Crippen LogP contribution in [-0.2, 0) is 6.54 Å². The molecule has 4 nitrogen and oxygen atoms in total. The minimum Gasteiger partial charge on any atom is -0.505 e. The van der Waals surface area contributed by atoms with E-state index in [4.69, 9.17) is 0 Å². The topological polar surface area (TPSA) is 46.9 Å². The monoisotopic (exact) mass is 356 g/mol. The summed E-state index contributed by atoms with van der Waals surface area (Å²) in [6.07, 6.45) is -0.732. The molecule has 26 heavy (non-hydrogen) atoms. The smallest absolute Gasteiger partial charge is 0.165 e. The van der Waals surface area contributed by atoms with E-state index in [9.17, 15) is 14.6 Å². The maximum atomic E-state index is 13.5. The molecular formula is C21H25FN2O2. The molecule has 2 saturated heterocycles. The largest absolute Gasteiger partial charge is 0.505 e. The van der Waals surface area contributed by atoms with Crippen molar-refractivity contribution in [3.05, 3.63) is 65.5 Å². The average Bonchev–Trinajstić information content (AvgIpc) is 3.16. The highest BCUT2D eigenvalue weighted by Gasteiger charge is 2.40. The van der Waals surface area contributed by atoms with Crippen molar-refractivity contribution >= 4 is 0 Å². The zero-order valence-electron chi connectivity index (χ0n) is 14.8. The van der Waals surface area contributed by atoms with Gasteiger partial charge in [0.1, 0.15) is 0 Å². The maximum absolute atomic E-state index is 13.5. The Bertz CT molecular complexity index is 741. The van der Waals surface area contributed by atoms with Crippen molar-refractivity contribution in [3.8, 4) is 5.75 Å². The second-order valence-electron chi connectivity index (χ2n) is 7.65. The Morgan fingerprint density at radius 1 is 0.962 bits per heavy atom. The molecule has 0 bridgehead atoms. The molecule has 2 aromatic rings. The van der Waals surface area contributed by atoms with Crippen molar-refractivity contribution in [3.63, 3.8) is 0 Å². The molecule has 4 rings (SSSR count). The van der Waals surface area contributed by atoms with Gasteiger partial charge in [0.2, 0.25) is 0 Å². The van der Waals surface area contributed by atoms with Gasteiger partial charge in [0.15, 0.2) is 11.6 Å². The Kier molecular flexibility index (Phi) is 4.94. The molecule has 2 heterocycles. The average molecular weight is 356 g/mol. The van der Waals surface area contributed by atoms with Crippen LogP contribution in [0.25, 0.3) is 0 Å². The summed E-state index contributed by atoms with van der Waals surface area (Å²) in [7, 11) is 0. The number of benzene rings is 2. The molecule has 0 amide bonds. The van der Waals surface area contributed by atoms with Gasteiger partial charge in [-0.1, -0.05) is 36.4 Å². The first-order valence-electron chi connectivity index (χ1n) is 9.23. The summed E-state index contributed by atoms with van der Waals surface area (Å²) in [6, 6.07) is 14.7. The van der Waals surface area contributed by atoms with E-state index in [1.165, 1.54) is 17.7 Å². The Hall–Kier alpha value is -1.95. The first kappa shape index (κ1) is 17.5. The van der Waals surface area contributed by atoms with Crippen molar-refractivity contribution in [1.29, 1.82) is 0 Å². The van der Waals surface area contributed by atoms with E-state index < -0.39 is 11.9 Å². The fourth-order valence-electron chi connectivity index (χ4n) is 4.39. The lowest BCUT2D eigenvalue weighted by Crippen LogP contribution is -2.31. The number of fused-ring (bicyclic) bond motifs is 1. The van der Waals surface area contributed by atoms with Crippen LogP contribution in [0.3, 0.4) is 0 Å². The number of nitrogens with zero attached hydrogens (tertiary/aromatic N) is 2. The van der Waals surface area contributed by atoms with Crippen LogP contribution in [0.15, 0.2) is 48.5 Å². The van der Waals surface area contributed by atoms with Crippen LogP contribution in [0.5, 0.6) is 5.75 Å². The van der Waals surface area contributed by atoms with E-state index in [-0.39, 0.29) is 5.75 Å². The minimum atomic E-state index is -0.732. The van der Waals surface area contributed by atoms with E-state index in [0.29, 0.717) is 23.9 Å². The number of aliphatic hydroxyl groups is 1. The first-order valence-corrected chi connectivity index (χ1v) is 9.23. The minimum absolute atomic E-state index is 0.379. The number of rotatable bonds is 5. The van der Waals surface area contributed by atoms with Gasteiger partial charge in [0.25, 0.3) is 0 Å². The Labute approximate surface area is 153 Å². The summed E-state index contributed by atoms with van der Waals surface area (Å²) in [5, 5.41) is 19.7. The fraction of sp³-hybridized carbons (Fsp3) is 0.429. The maximum Gasteiger partial charge on any atom is 0.165 e. The molecule has 2 aliphatic heterocycles. The SMILES string of the molecule is Oc1ccc(C(O)CN2CC3CN(Cc4ccccc4)CC3C2)cc1F. The lowest BCUT2D eigenvalue weighted by atomic mass is 10.0. The number of hydrogen-bond acceptors (Lipinski definition) is 4. The summed E-state index contributed by atoms with van der Waals surface area (Å²) in [4.78, 5) is 4.80. The van der Waals surface area contributed by atoms with Crippen molar-refractivity contribution in [2.45, 2.75) is 12.6 Å². The van der Waals surface area contributed by atoms with Crippen molar-refractivity contribution in [1.82, 2.24) is 9.80 Å². The van der Waals surface area contributed by atoms with Gasteiger partial charge in [-0.25, -0.2) is 4.39 Å². The summed E-state index contributed by atoms with van der Waals surface area (Å²) in [5.41, 5.74) is 1.87. The summed E-state index contributed by atoms with van der Waals surface area (Å²) < 4.78 is 13.5. The zero-order valence-corrected chi connectivity index (χ0v) is 14.8. The molecule has 0 aliphatic carbocycles. The number of hydrogen-bond donors (Lipinski definition) is 2.